The van der Waals surface area contributed by atoms with Gasteiger partial charge in [0.25, 0.3) is 0 Å². The van der Waals surface area contributed by atoms with Crippen molar-refractivity contribution in [3.63, 3.8) is 0 Å². The van der Waals surface area contributed by atoms with E-state index in [0.29, 0.717) is 40.4 Å². The molecule has 2 rings (SSSR count). The molecule has 0 aromatic heterocycles. The summed E-state index contributed by atoms with van der Waals surface area (Å²) in [5.74, 6) is 0.951. The molecule has 1 aliphatic rings. The molecule has 1 saturated heterocycles. The third-order valence-electron chi connectivity index (χ3n) is 2.79. The molecule has 1 aliphatic heterocycles. The predicted octanol–water partition coefficient (Wildman–Crippen LogP) is 2.04. The first-order valence-electron chi connectivity index (χ1n) is 6.27. The van der Waals surface area contributed by atoms with Crippen LogP contribution in [-0.4, -0.2) is 41.0 Å². The van der Waals surface area contributed by atoms with Crippen LogP contribution in [0.25, 0.3) is 0 Å². The number of hydrogen-bond acceptors (Lipinski definition) is 7. The van der Waals surface area contributed by atoms with Crippen molar-refractivity contribution in [2.75, 3.05) is 46.8 Å². The Morgan fingerprint density at radius 1 is 1.14 bits per heavy atom. The van der Waals surface area contributed by atoms with E-state index in [0.717, 1.165) is 0 Å². The van der Waals surface area contributed by atoms with Crippen molar-refractivity contribution in [2.24, 2.45) is 0 Å². The maximum atomic E-state index is 6.06. The summed E-state index contributed by atoms with van der Waals surface area (Å²) in [5.41, 5.74) is 7.16. The molecule has 0 unspecified atom stereocenters. The van der Waals surface area contributed by atoms with Crippen molar-refractivity contribution in [3.05, 3.63) is 16.1 Å². The number of hydrogen-bond donors (Lipinski definition) is 1. The lowest BCUT2D eigenvalue weighted by Crippen LogP contribution is -2.10. The lowest BCUT2D eigenvalue weighted by molar-refractivity contribution is -0.0482. The summed E-state index contributed by atoms with van der Waals surface area (Å²) in [6.07, 6.45) is -0.537. The van der Waals surface area contributed by atoms with Gasteiger partial charge in [-0.1, -0.05) is 0 Å². The smallest absolute Gasteiger partial charge is 0.188 e. The summed E-state index contributed by atoms with van der Waals surface area (Å²) < 4.78 is 32.5. The monoisotopic (exact) mass is 363 g/mol. The second kappa shape index (κ2) is 7.81. The molecule has 1 heterocycles. The molecule has 0 amide bonds. The van der Waals surface area contributed by atoms with E-state index in [4.69, 9.17) is 34.2 Å². The van der Waals surface area contributed by atoms with E-state index in [2.05, 4.69) is 15.9 Å². The van der Waals surface area contributed by atoms with Crippen LogP contribution in [0, 0.1) is 0 Å². The Hall–Kier alpha value is -1.06. The maximum absolute atomic E-state index is 6.06. The Balaban J connectivity index is 2.37. The van der Waals surface area contributed by atoms with E-state index in [1.54, 1.807) is 6.07 Å². The number of nitrogen functional groups attached to an aromatic ring is 1. The average Bonchev–Trinajstić information content (AvgIpc) is 3.00. The van der Waals surface area contributed by atoms with Crippen molar-refractivity contribution in [1.29, 1.82) is 0 Å². The maximum Gasteiger partial charge on any atom is 0.188 e. The Morgan fingerprint density at radius 3 is 2.29 bits per heavy atom. The highest BCUT2D eigenvalue weighted by atomic mass is 79.9. The number of rotatable bonds is 7. The molecular weight excluding hydrogens is 346 g/mol. The normalized spacial score (nSPS) is 15.4. The van der Waals surface area contributed by atoms with Gasteiger partial charge in [-0.25, -0.2) is 0 Å². The van der Waals surface area contributed by atoms with Crippen LogP contribution in [0.4, 0.5) is 5.69 Å². The Labute approximate surface area is 131 Å². The van der Waals surface area contributed by atoms with Crippen LogP contribution in [-0.2, 0) is 18.9 Å². The Morgan fingerprint density at radius 2 is 1.71 bits per heavy atom. The summed E-state index contributed by atoms with van der Waals surface area (Å²) >= 11 is 3.45. The number of ether oxygens (including phenoxy) is 6. The minimum atomic E-state index is -0.537. The Kier molecular flexibility index (Phi) is 6.07. The van der Waals surface area contributed by atoms with Gasteiger partial charge in [0.2, 0.25) is 0 Å². The second-order valence-corrected chi connectivity index (χ2v) is 4.98. The van der Waals surface area contributed by atoms with Gasteiger partial charge in [-0.2, -0.15) is 0 Å². The first-order chi connectivity index (χ1) is 10.2. The largest absolute Gasteiger partial charge is 0.467 e. The molecule has 0 radical (unpaired) electrons. The van der Waals surface area contributed by atoms with Crippen LogP contribution < -0.4 is 15.2 Å². The highest BCUT2D eigenvalue weighted by Crippen LogP contribution is 2.44. The van der Waals surface area contributed by atoms with Crippen LogP contribution >= 0.6 is 15.9 Å². The van der Waals surface area contributed by atoms with E-state index in [1.165, 1.54) is 14.2 Å². The number of benzene rings is 1. The summed E-state index contributed by atoms with van der Waals surface area (Å²) in [6.45, 7) is 1.20. The number of methoxy groups -OCH3 is 2. The zero-order chi connectivity index (χ0) is 15.2. The molecule has 0 bridgehead atoms. The van der Waals surface area contributed by atoms with Crippen LogP contribution in [0.1, 0.15) is 11.9 Å². The van der Waals surface area contributed by atoms with E-state index in [1.807, 2.05) is 0 Å². The molecule has 1 aromatic carbocycles. The molecule has 7 nitrogen and oxygen atoms in total. The molecule has 118 valence electrons. The van der Waals surface area contributed by atoms with Gasteiger partial charge in [-0.05, 0) is 15.9 Å². The first-order valence-corrected chi connectivity index (χ1v) is 7.06. The Bertz CT molecular complexity index is 478. The van der Waals surface area contributed by atoms with Crippen molar-refractivity contribution in [1.82, 2.24) is 0 Å². The van der Waals surface area contributed by atoms with Crippen molar-refractivity contribution in [3.8, 4) is 11.5 Å². The number of anilines is 1. The second-order valence-electron chi connectivity index (χ2n) is 4.19. The van der Waals surface area contributed by atoms with Crippen LogP contribution in [0.5, 0.6) is 11.5 Å². The van der Waals surface area contributed by atoms with Crippen molar-refractivity contribution >= 4 is 21.6 Å². The minimum absolute atomic E-state index is 0.0795. The van der Waals surface area contributed by atoms with Gasteiger partial charge in [0.15, 0.2) is 19.9 Å². The fourth-order valence-corrected chi connectivity index (χ4v) is 2.44. The highest BCUT2D eigenvalue weighted by Gasteiger charge is 2.28. The molecule has 2 N–H and O–H groups in total. The standard InChI is InChI=1S/C13H18BrNO6/c1-16-6-20-8-5-9(21-7-17-2)12(15)11(14)10(8)13-18-3-4-19-13/h5,13H,3-4,6-7,15H2,1-2H3. The third-order valence-corrected chi connectivity index (χ3v) is 3.64. The fourth-order valence-electron chi connectivity index (χ4n) is 1.86. The molecule has 1 fully saturated rings. The van der Waals surface area contributed by atoms with Gasteiger partial charge >= 0.3 is 0 Å². The first kappa shape index (κ1) is 16.3. The topological polar surface area (TPSA) is 81.4 Å². The number of nitrogens with two attached hydrogens (primary N) is 1. The zero-order valence-corrected chi connectivity index (χ0v) is 13.5. The van der Waals surface area contributed by atoms with E-state index < -0.39 is 6.29 Å². The molecule has 21 heavy (non-hydrogen) atoms. The van der Waals surface area contributed by atoms with Gasteiger partial charge in [0.1, 0.15) is 11.5 Å². The molecule has 8 heteroatoms. The summed E-state index contributed by atoms with van der Waals surface area (Å²) in [4.78, 5) is 0. The lowest BCUT2D eigenvalue weighted by Gasteiger charge is -2.20. The highest BCUT2D eigenvalue weighted by molar-refractivity contribution is 9.10. The van der Waals surface area contributed by atoms with E-state index in [-0.39, 0.29) is 13.6 Å². The van der Waals surface area contributed by atoms with Crippen molar-refractivity contribution < 1.29 is 28.4 Å². The van der Waals surface area contributed by atoms with Gasteiger partial charge < -0.3 is 34.2 Å². The third kappa shape index (κ3) is 3.78. The molecule has 0 saturated carbocycles. The number of halogens is 1. The fraction of sp³-hybridized carbons (Fsp3) is 0.538. The molecular formula is C13H18BrNO6. The van der Waals surface area contributed by atoms with Gasteiger partial charge in [0, 0.05) is 20.3 Å². The summed E-state index contributed by atoms with van der Waals surface area (Å²) in [7, 11) is 3.07. The van der Waals surface area contributed by atoms with Gasteiger partial charge in [-0.15, -0.1) is 0 Å². The lowest BCUT2D eigenvalue weighted by atomic mass is 10.1. The van der Waals surface area contributed by atoms with E-state index in [9.17, 15) is 0 Å². The minimum Gasteiger partial charge on any atom is -0.467 e. The van der Waals surface area contributed by atoms with Crippen LogP contribution in [0.15, 0.2) is 10.5 Å². The summed E-state index contributed by atoms with van der Waals surface area (Å²) in [6, 6.07) is 1.67. The predicted molar refractivity (Wildman–Crippen MR) is 78.2 cm³/mol. The summed E-state index contributed by atoms with van der Waals surface area (Å²) in [5, 5.41) is 0. The van der Waals surface area contributed by atoms with E-state index >= 15 is 0 Å². The zero-order valence-electron chi connectivity index (χ0n) is 11.9. The quantitative estimate of drug-likeness (QED) is 0.586. The molecule has 0 atom stereocenters. The van der Waals surface area contributed by atoms with Gasteiger partial charge in [-0.3, -0.25) is 0 Å². The van der Waals surface area contributed by atoms with Gasteiger partial charge in [0.05, 0.1) is 28.9 Å². The van der Waals surface area contributed by atoms with Crippen molar-refractivity contribution in [2.45, 2.75) is 6.29 Å². The molecule has 0 spiro atoms. The van der Waals surface area contributed by atoms with Crippen LogP contribution in [0.3, 0.4) is 0 Å². The SMILES string of the molecule is COCOc1cc(OCOC)c(C2OCCO2)c(Br)c1N. The average molecular weight is 364 g/mol. The molecule has 1 aromatic rings. The molecule has 0 aliphatic carbocycles. The van der Waals surface area contributed by atoms with Crippen LogP contribution in [0.2, 0.25) is 0 Å².